The molecular weight excluding hydrogens is 376 g/mol. The van der Waals surface area contributed by atoms with Crippen LogP contribution in [0.15, 0.2) is 60.7 Å². The third-order valence-electron chi connectivity index (χ3n) is 4.26. The second-order valence-electron chi connectivity index (χ2n) is 7.26. The molecule has 2 atom stereocenters. The second-order valence-corrected chi connectivity index (χ2v) is 7.26. The van der Waals surface area contributed by atoms with Crippen molar-refractivity contribution >= 4 is 18.5 Å². The summed E-state index contributed by atoms with van der Waals surface area (Å²) < 4.78 is 5.43. The van der Waals surface area contributed by atoms with Gasteiger partial charge in [-0.15, -0.1) is 12.4 Å². The van der Waals surface area contributed by atoms with Crippen LogP contribution >= 0.6 is 12.4 Å². The standard InChI is InChI=1S/C22H30N2O3.ClH/c1-17(2)14-24(22(26)27-16-19-11-7-4-8-12-19)15-21(25)20(23)13-18-9-5-3-6-10-18;/h3-12,17,20-21,25H,13-16,23H2,1-2H3;1H/t20-,21+;/m0./s1. The summed E-state index contributed by atoms with van der Waals surface area (Å²) in [5.74, 6) is 0.256. The van der Waals surface area contributed by atoms with E-state index in [1.54, 1.807) is 4.90 Å². The lowest BCUT2D eigenvalue weighted by molar-refractivity contribution is 0.0562. The molecule has 154 valence electrons. The molecule has 0 fully saturated rings. The molecule has 2 rings (SSSR count). The second kappa shape index (κ2) is 12.4. The average molecular weight is 407 g/mol. The van der Waals surface area contributed by atoms with Gasteiger partial charge in [0.2, 0.25) is 0 Å². The number of aliphatic hydroxyl groups excluding tert-OH is 1. The lowest BCUT2D eigenvalue weighted by Crippen LogP contribution is -2.47. The molecule has 5 nitrogen and oxygen atoms in total. The largest absolute Gasteiger partial charge is 0.445 e. The molecule has 0 heterocycles. The van der Waals surface area contributed by atoms with E-state index in [4.69, 9.17) is 10.5 Å². The highest BCUT2D eigenvalue weighted by molar-refractivity contribution is 5.85. The van der Waals surface area contributed by atoms with Gasteiger partial charge in [0.05, 0.1) is 12.6 Å². The number of rotatable bonds is 9. The maximum absolute atomic E-state index is 12.5. The Morgan fingerprint density at radius 3 is 2.07 bits per heavy atom. The van der Waals surface area contributed by atoms with Gasteiger partial charge in [0.25, 0.3) is 0 Å². The number of halogens is 1. The Morgan fingerprint density at radius 2 is 1.54 bits per heavy atom. The highest BCUT2D eigenvalue weighted by Gasteiger charge is 2.24. The van der Waals surface area contributed by atoms with Crippen LogP contribution < -0.4 is 5.73 Å². The number of ether oxygens (including phenoxy) is 1. The number of nitrogens with zero attached hydrogens (tertiary/aromatic N) is 1. The molecule has 0 saturated carbocycles. The molecule has 2 aromatic rings. The van der Waals surface area contributed by atoms with E-state index in [1.165, 1.54) is 0 Å². The van der Waals surface area contributed by atoms with Gasteiger partial charge in [0.15, 0.2) is 0 Å². The van der Waals surface area contributed by atoms with E-state index in [2.05, 4.69) is 0 Å². The van der Waals surface area contributed by atoms with Crippen LogP contribution in [-0.4, -0.2) is 41.3 Å². The van der Waals surface area contributed by atoms with E-state index in [0.717, 1.165) is 11.1 Å². The summed E-state index contributed by atoms with van der Waals surface area (Å²) in [7, 11) is 0. The number of benzene rings is 2. The van der Waals surface area contributed by atoms with Crippen molar-refractivity contribution in [1.29, 1.82) is 0 Å². The minimum Gasteiger partial charge on any atom is -0.445 e. The van der Waals surface area contributed by atoms with Crippen molar-refractivity contribution < 1.29 is 14.6 Å². The highest BCUT2D eigenvalue weighted by Crippen LogP contribution is 2.10. The van der Waals surface area contributed by atoms with Crippen molar-refractivity contribution in [2.45, 2.75) is 39.0 Å². The SMILES string of the molecule is CC(C)CN(C[C@@H](O)[C@@H](N)Cc1ccccc1)C(=O)OCc1ccccc1.Cl. The van der Waals surface area contributed by atoms with E-state index in [-0.39, 0.29) is 31.5 Å². The summed E-state index contributed by atoms with van der Waals surface area (Å²) in [5, 5.41) is 10.5. The molecule has 6 heteroatoms. The number of carbonyl (C=O) groups excluding carboxylic acids is 1. The first-order chi connectivity index (χ1) is 13.0. The fraction of sp³-hybridized carbons (Fsp3) is 0.409. The average Bonchev–Trinajstić information content (AvgIpc) is 2.66. The van der Waals surface area contributed by atoms with Crippen LogP contribution in [0.5, 0.6) is 0 Å². The van der Waals surface area contributed by atoms with Crippen LogP contribution in [0.4, 0.5) is 4.79 Å². The van der Waals surface area contributed by atoms with Crippen LogP contribution in [0.2, 0.25) is 0 Å². The van der Waals surface area contributed by atoms with Crippen LogP contribution in [0, 0.1) is 5.92 Å². The molecule has 28 heavy (non-hydrogen) atoms. The lowest BCUT2D eigenvalue weighted by Gasteiger charge is -2.28. The molecule has 0 radical (unpaired) electrons. The third-order valence-corrected chi connectivity index (χ3v) is 4.26. The Hall–Kier alpha value is -2.08. The van der Waals surface area contributed by atoms with Crippen LogP contribution in [0.1, 0.15) is 25.0 Å². The van der Waals surface area contributed by atoms with Crippen LogP contribution in [-0.2, 0) is 17.8 Å². The number of aliphatic hydroxyl groups is 1. The third kappa shape index (κ3) is 8.30. The summed E-state index contributed by atoms with van der Waals surface area (Å²) in [6.45, 7) is 4.91. The smallest absolute Gasteiger partial charge is 0.410 e. The summed E-state index contributed by atoms with van der Waals surface area (Å²) in [4.78, 5) is 14.1. The highest BCUT2D eigenvalue weighted by atomic mass is 35.5. The molecule has 3 N–H and O–H groups in total. The molecular formula is C22H31ClN2O3. The van der Waals surface area contributed by atoms with Gasteiger partial charge in [-0.2, -0.15) is 0 Å². The summed E-state index contributed by atoms with van der Waals surface area (Å²) in [6.07, 6.45) is -0.705. The summed E-state index contributed by atoms with van der Waals surface area (Å²) in [5.41, 5.74) is 8.15. The Bertz CT molecular complexity index is 683. The van der Waals surface area contributed by atoms with Gasteiger partial charge in [0, 0.05) is 12.6 Å². The van der Waals surface area contributed by atoms with Crippen molar-refractivity contribution in [3.05, 3.63) is 71.8 Å². The zero-order valence-electron chi connectivity index (χ0n) is 16.5. The molecule has 1 amide bonds. The predicted octanol–water partition coefficient (Wildman–Crippen LogP) is 3.63. The fourth-order valence-corrected chi connectivity index (χ4v) is 2.86. The van der Waals surface area contributed by atoms with Crippen molar-refractivity contribution in [2.24, 2.45) is 11.7 Å². The van der Waals surface area contributed by atoms with E-state index >= 15 is 0 Å². The van der Waals surface area contributed by atoms with E-state index in [0.29, 0.717) is 13.0 Å². The molecule has 2 aromatic carbocycles. The van der Waals surface area contributed by atoms with Gasteiger partial charge in [-0.3, -0.25) is 0 Å². The van der Waals surface area contributed by atoms with Crippen molar-refractivity contribution in [1.82, 2.24) is 4.90 Å². The van der Waals surface area contributed by atoms with Gasteiger partial charge in [0.1, 0.15) is 6.61 Å². The Kier molecular flexibility index (Phi) is 10.6. The zero-order chi connectivity index (χ0) is 19.6. The first kappa shape index (κ1) is 24.0. The first-order valence-corrected chi connectivity index (χ1v) is 9.39. The molecule has 0 aliphatic rings. The monoisotopic (exact) mass is 406 g/mol. The van der Waals surface area contributed by atoms with Crippen LogP contribution in [0.25, 0.3) is 0 Å². The Balaban J connectivity index is 0.00000392. The normalized spacial score (nSPS) is 12.8. The van der Waals surface area contributed by atoms with Gasteiger partial charge >= 0.3 is 6.09 Å². The number of carbonyl (C=O) groups is 1. The fourth-order valence-electron chi connectivity index (χ4n) is 2.86. The first-order valence-electron chi connectivity index (χ1n) is 9.39. The molecule has 0 spiro atoms. The Labute approximate surface area is 173 Å². The van der Waals surface area contributed by atoms with Crippen LogP contribution in [0.3, 0.4) is 0 Å². The number of amides is 1. The summed E-state index contributed by atoms with van der Waals surface area (Å²) >= 11 is 0. The zero-order valence-corrected chi connectivity index (χ0v) is 17.3. The van der Waals surface area contributed by atoms with Gasteiger partial charge in [-0.25, -0.2) is 4.79 Å². The molecule has 0 aromatic heterocycles. The van der Waals surface area contributed by atoms with Gasteiger partial charge in [-0.1, -0.05) is 74.5 Å². The molecule has 0 aliphatic carbocycles. The minimum atomic E-state index is -0.826. The predicted molar refractivity (Wildman–Crippen MR) is 114 cm³/mol. The van der Waals surface area contributed by atoms with Gasteiger partial charge < -0.3 is 20.5 Å². The molecule has 0 aliphatic heterocycles. The lowest BCUT2D eigenvalue weighted by atomic mass is 10.0. The molecule has 0 saturated heterocycles. The van der Waals surface area contributed by atoms with Gasteiger partial charge in [-0.05, 0) is 23.5 Å². The number of nitrogens with two attached hydrogens (primary N) is 1. The topological polar surface area (TPSA) is 75.8 Å². The molecule has 0 bridgehead atoms. The maximum atomic E-state index is 12.5. The maximum Gasteiger partial charge on any atom is 0.410 e. The van der Waals surface area contributed by atoms with Crippen molar-refractivity contribution in [3.63, 3.8) is 0 Å². The number of hydrogen-bond acceptors (Lipinski definition) is 4. The number of hydrogen-bond donors (Lipinski definition) is 2. The van der Waals surface area contributed by atoms with Crippen molar-refractivity contribution in [3.8, 4) is 0 Å². The summed E-state index contributed by atoms with van der Waals surface area (Å²) in [6, 6.07) is 18.9. The minimum absolute atomic E-state index is 0. The van der Waals surface area contributed by atoms with E-state index < -0.39 is 18.2 Å². The van der Waals surface area contributed by atoms with E-state index in [9.17, 15) is 9.90 Å². The Morgan fingerprint density at radius 1 is 1.00 bits per heavy atom. The quantitative estimate of drug-likeness (QED) is 0.666. The van der Waals surface area contributed by atoms with E-state index in [1.807, 2.05) is 74.5 Å². The molecule has 0 unspecified atom stereocenters. The van der Waals surface area contributed by atoms with Crippen molar-refractivity contribution in [2.75, 3.05) is 13.1 Å².